The first-order chi connectivity index (χ1) is 22.1. The van der Waals surface area contributed by atoms with Gasteiger partial charge in [0.15, 0.2) is 5.82 Å². The fourth-order valence-corrected chi connectivity index (χ4v) is 8.67. The molecule has 4 aromatic rings. The van der Waals surface area contributed by atoms with Crippen molar-refractivity contribution in [1.29, 1.82) is 5.26 Å². The maximum absolute atomic E-state index is 16.9. The molecule has 0 aliphatic carbocycles. The summed E-state index contributed by atoms with van der Waals surface area (Å²) in [7, 11) is 0. The molecular weight excluding hydrogens is 641 g/mol. The van der Waals surface area contributed by atoms with Gasteiger partial charge in [0, 0.05) is 42.4 Å². The number of alkyl halides is 1. The predicted octanol–water partition coefficient (Wildman–Crippen LogP) is 6.54. The number of aromatic nitrogens is 2. The monoisotopic (exact) mass is 670 g/mol. The average Bonchev–Trinajstić information content (AvgIpc) is 3.58. The molecule has 5 heterocycles. The summed E-state index contributed by atoms with van der Waals surface area (Å²) in [4.78, 5) is 24.9. The van der Waals surface area contributed by atoms with Crippen molar-refractivity contribution in [3.63, 3.8) is 0 Å². The smallest absolute Gasteiger partial charge is 0.319 e. The Labute approximate surface area is 271 Å². The normalized spacial score (nSPS) is 23.5. The quantitative estimate of drug-likeness (QED) is 0.235. The molecule has 3 fully saturated rings. The summed E-state index contributed by atoms with van der Waals surface area (Å²) in [6.07, 6.45) is 2.48. The minimum atomic E-state index is -0.963. The minimum absolute atomic E-state index is 0.0104. The lowest BCUT2D eigenvalue weighted by Crippen LogP contribution is -2.43. The fourth-order valence-electron chi connectivity index (χ4n) is 7.42. The number of nitriles is 1. The number of carboxylic acids is 1. The zero-order valence-electron chi connectivity index (χ0n) is 24.7. The van der Waals surface area contributed by atoms with Crippen molar-refractivity contribution in [3.05, 3.63) is 40.4 Å². The van der Waals surface area contributed by atoms with Gasteiger partial charge in [0.2, 0.25) is 0 Å². The van der Waals surface area contributed by atoms with E-state index < -0.39 is 35.2 Å². The molecule has 3 aliphatic heterocycles. The Bertz CT molecular complexity index is 1940. The second-order valence-corrected chi connectivity index (χ2v) is 13.8. The van der Waals surface area contributed by atoms with Crippen LogP contribution in [0.4, 0.5) is 24.0 Å². The number of aliphatic carboxylic acids is 1. The number of nitrogen functional groups attached to an aromatic ring is 1. The van der Waals surface area contributed by atoms with Crippen molar-refractivity contribution in [1.82, 2.24) is 14.9 Å². The molecule has 0 saturated carbocycles. The van der Waals surface area contributed by atoms with Crippen LogP contribution in [0, 0.1) is 28.9 Å². The Kier molecular flexibility index (Phi) is 7.85. The number of nitrogens with two attached hydrogens (primary N) is 1. The van der Waals surface area contributed by atoms with Crippen LogP contribution in [0.1, 0.15) is 44.1 Å². The van der Waals surface area contributed by atoms with Crippen LogP contribution in [0.5, 0.6) is 6.01 Å². The van der Waals surface area contributed by atoms with Gasteiger partial charge in [-0.2, -0.15) is 15.2 Å². The number of anilines is 2. The van der Waals surface area contributed by atoms with E-state index in [1.807, 2.05) is 11.0 Å². The van der Waals surface area contributed by atoms with Gasteiger partial charge in [-0.1, -0.05) is 17.7 Å². The molecule has 240 valence electrons. The van der Waals surface area contributed by atoms with Crippen molar-refractivity contribution < 1.29 is 27.8 Å². The average molecular weight is 671 g/mol. The molecule has 2 aromatic carbocycles. The van der Waals surface area contributed by atoms with Gasteiger partial charge >= 0.3 is 12.0 Å². The van der Waals surface area contributed by atoms with Crippen LogP contribution in [-0.4, -0.2) is 70.4 Å². The van der Waals surface area contributed by atoms with Crippen LogP contribution in [0.15, 0.2) is 18.2 Å². The van der Waals surface area contributed by atoms with Gasteiger partial charge in [-0.15, -0.1) is 11.3 Å². The summed E-state index contributed by atoms with van der Waals surface area (Å²) in [5, 5.41) is 20.0. The van der Waals surface area contributed by atoms with Crippen molar-refractivity contribution >= 4 is 60.7 Å². The standard InChI is InChI=1S/C32H30ClF3N6O3S/c33-21-11-19-26(25(36)24(21)18-4-5-22(35)27-23(18)20(13-37)28(38)46-27)39-31(45-15-32-7-2-9-42(32)14-17(34)12-32)40-29(19)41-8-1-3-16(6-10-41)30(43)44/h4-5,11,16-17H,1-3,6-10,12,14-15,38H2,(H,43,44)/t16-,17+,32-/m0/s1. The first-order valence-corrected chi connectivity index (χ1v) is 16.4. The molecule has 7 rings (SSSR count). The Balaban J connectivity index is 1.38. The van der Waals surface area contributed by atoms with E-state index in [4.69, 9.17) is 27.1 Å². The molecule has 14 heteroatoms. The molecule has 0 spiro atoms. The van der Waals surface area contributed by atoms with Gasteiger partial charge in [0.05, 0.1) is 26.7 Å². The summed E-state index contributed by atoms with van der Waals surface area (Å²) in [6, 6.07) is 5.98. The van der Waals surface area contributed by atoms with E-state index in [1.165, 1.54) is 18.2 Å². The molecular formula is C32H30ClF3N6O3S. The largest absolute Gasteiger partial charge is 0.481 e. The van der Waals surface area contributed by atoms with E-state index in [-0.39, 0.29) is 54.9 Å². The SMILES string of the molecule is N#Cc1c(N)sc2c(F)ccc(-c3c(Cl)cc4c(N5CCC[C@H](C(=O)O)CC5)nc(OC[C@@]56CCCN5C[C@H](F)C6)nc4c3F)c12. The van der Waals surface area contributed by atoms with Gasteiger partial charge in [-0.3, -0.25) is 9.69 Å². The number of halogens is 4. The highest BCUT2D eigenvalue weighted by molar-refractivity contribution is 7.23. The maximum Gasteiger partial charge on any atom is 0.319 e. The highest BCUT2D eigenvalue weighted by Gasteiger charge is 2.49. The third kappa shape index (κ3) is 5.07. The molecule has 3 aliphatic rings. The lowest BCUT2D eigenvalue weighted by atomic mass is 9.95. The van der Waals surface area contributed by atoms with Gasteiger partial charge in [0.1, 0.15) is 41.0 Å². The van der Waals surface area contributed by atoms with E-state index in [1.54, 1.807) is 0 Å². The number of hydrogen-bond acceptors (Lipinski definition) is 9. The van der Waals surface area contributed by atoms with Crippen molar-refractivity contribution in [3.8, 4) is 23.2 Å². The molecule has 0 unspecified atom stereocenters. The third-order valence-corrected chi connectivity index (χ3v) is 11.0. The number of hydrogen-bond donors (Lipinski definition) is 2. The van der Waals surface area contributed by atoms with Crippen LogP contribution >= 0.6 is 22.9 Å². The molecule has 2 aromatic heterocycles. The second kappa shape index (κ2) is 11.7. The van der Waals surface area contributed by atoms with Crippen LogP contribution in [-0.2, 0) is 4.79 Å². The number of ether oxygens (including phenoxy) is 1. The zero-order valence-corrected chi connectivity index (χ0v) is 26.2. The lowest BCUT2D eigenvalue weighted by molar-refractivity contribution is -0.142. The highest BCUT2D eigenvalue weighted by atomic mass is 35.5. The van der Waals surface area contributed by atoms with Crippen molar-refractivity contribution in [2.45, 2.75) is 50.2 Å². The number of nitrogens with zero attached hydrogens (tertiary/aromatic N) is 5. The van der Waals surface area contributed by atoms with Crippen LogP contribution in [0.25, 0.3) is 32.1 Å². The Morgan fingerprint density at radius 2 is 2.07 bits per heavy atom. The van der Waals surface area contributed by atoms with Gasteiger partial charge < -0.3 is 20.5 Å². The Hall–Kier alpha value is -3.86. The topological polar surface area (TPSA) is 129 Å². The van der Waals surface area contributed by atoms with E-state index in [9.17, 15) is 23.9 Å². The van der Waals surface area contributed by atoms with Crippen molar-refractivity contribution in [2.75, 3.05) is 43.4 Å². The predicted molar refractivity (Wildman–Crippen MR) is 170 cm³/mol. The number of fused-ring (bicyclic) bond motifs is 3. The molecule has 0 bridgehead atoms. The van der Waals surface area contributed by atoms with Gasteiger partial charge in [-0.05, 0) is 56.3 Å². The maximum atomic E-state index is 16.9. The minimum Gasteiger partial charge on any atom is -0.481 e. The van der Waals surface area contributed by atoms with E-state index in [2.05, 4.69) is 9.88 Å². The summed E-state index contributed by atoms with van der Waals surface area (Å²) >= 11 is 7.68. The molecule has 46 heavy (non-hydrogen) atoms. The van der Waals surface area contributed by atoms with Crippen molar-refractivity contribution in [2.24, 2.45) is 5.92 Å². The molecule has 0 amide bonds. The van der Waals surface area contributed by atoms with Gasteiger partial charge in [-0.25, -0.2) is 13.2 Å². The number of carbonyl (C=O) groups is 1. The number of benzene rings is 2. The van der Waals surface area contributed by atoms with Crippen LogP contribution in [0.2, 0.25) is 5.02 Å². The second-order valence-electron chi connectivity index (χ2n) is 12.3. The number of carboxylic acid groups (broad SMARTS) is 1. The molecule has 3 N–H and O–H groups in total. The summed E-state index contributed by atoms with van der Waals surface area (Å²) < 4.78 is 52.4. The van der Waals surface area contributed by atoms with E-state index in [0.29, 0.717) is 56.5 Å². The Morgan fingerprint density at radius 1 is 1.24 bits per heavy atom. The summed E-state index contributed by atoms with van der Waals surface area (Å²) in [5.41, 5.74) is 5.57. The molecule has 3 atom stereocenters. The lowest BCUT2D eigenvalue weighted by Gasteiger charge is -2.31. The van der Waals surface area contributed by atoms with E-state index >= 15 is 4.39 Å². The van der Waals surface area contributed by atoms with E-state index in [0.717, 1.165) is 30.7 Å². The first-order valence-electron chi connectivity index (χ1n) is 15.2. The summed E-state index contributed by atoms with van der Waals surface area (Å²) in [6.45, 7) is 2.05. The zero-order chi connectivity index (χ0) is 32.3. The Morgan fingerprint density at radius 3 is 2.85 bits per heavy atom. The summed E-state index contributed by atoms with van der Waals surface area (Å²) in [5.74, 6) is -2.45. The number of thiophene rings is 1. The van der Waals surface area contributed by atoms with Gasteiger partial charge in [0.25, 0.3) is 0 Å². The van der Waals surface area contributed by atoms with Crippen LogP contribution < -0.4 is 15.4 Å². The molecule has 0 radical (unpaired) electrons. The highest BCUT2D eigenvalue weighted by Crippen LogP contribution is 2.46. The molecule has 9 nitrogen and oxygen atoms in total. The molecule has 3 saturated heterocycles. The van der Waals surface area contributed by atoms with Crippen LogP contribution in [0.3, 0.4) is 0 Å². The fraction of sp³-hybridized carbons (Fsp3) is 0.438. The third-order valence-electron chi connectivity index (χ3n) is 9.65. The number of rotatable bonds is 6. The first kappa shape index (κ1) is 30.8.